The largest absolute Gasteiger partial charge is 0.497 e. The van der Waals surface area contributed by atoms with Crippen LogP contribution >= 0.6 is 0 Å². The summed E-state index contributed by atoms with van der Waals surface area (Å²) in [5, 5.41) is 7.69. The maximum atomic E-state index is 11.7. The van der Waals surface area contributed by atoms with E-state index in [-0.39, 0.29) is 5.91 Å². The molecule has 5 nitrogen and oxygen atoms in total. The first kappa shape index (κ1) is 10.5. The minimum Gasteiger partial charge on any atom is -0.497 e. The number of nitrogens with zero attached hydrogens (tertiary/aromatic N) is 2. The number of aryl methyl sites for hydroxylation is 1. The van der Waals surface area contributed by atoms with Gasteiger partial charge in [0.2, 0.25) is 0 Å². The lowest BCUT2D eigenvalue weighted by Gasteiger charge is -2.00. The molecule has 0 radical (unpaired) electrons. The van der Waals surface area contributed by atoms with Crippen LogP contribution in [0.4, 0.5) is 0 Å². The van der Waals surface area contributed by atoms with E-state index >= 15 is 0 Å². The number of nitrogens with one attached hydrogen (secondary N) is 1. The molecule has 0 bridgehead atoms. The molecule has 1 aromatic carbocycles. The summed E-state index contributed by atoms with van der Waals surface area (Å²) in [6.45, 7) is 0. The summed E-state index contributed by atoms with van der Waals surface area (Å²) >= 11 is 0. The summed E-state index contributed by atoms with van der Waals surface area (Å²) in [7, 11) is 4.95. The monoisotopic (exact) mass is 219 g/mol. The third-order valence-electron chi connectivity index (χ3n) is 2.48. The maximum absolute atomic E-state index is 11.7. The van der Waals surface area contributed by atoms with Gasteiger partial charge in [-0.2, -0.15) is 5.10 Å². The highest BCUT2D eigenvalue weighted by atomic mass is 16.5. The molecule has 16 heavy (non-hydrogen) atoms. The molecule has 0 unspecified atom stereocenters. The molecule has 0 atom stereocenters. The lowest BCUT2D eigenvalue weighted by atomic mass is 10.2. The van der Waals surface area contributed by atoms with Gasteiger partial charge in [-0.15, -0.1) is 0 Å². The van der Waals surface area contributed by atoms with Crippen LogP contribution in [0.15, 0.2) is 18.2 Å². The molecule has 0 saturated heterocycles. The molecule has 0 aliphatic heterocycles. The summed E-state index contributed by atoms with van der Waals surface area (Å²) in [5.41, 5.74) is 1.31. The number of fused-ring (bicyclic) bond motifs is 1. The van der Waals surface area contributed by atoms with E-state index in [9.17, 15) is 4.79 Å². The van der Waals surface area contributed by atoms with Crippen LogP contribution < -0.4 is 10.1 Å². The van der Waals surface area contributed by atoms with Crippen molar-refractivity contribution in [2.45, 2.75) is 0 Å². The maximum Gasteiger partial charge on any atom is 0.269 e. The molecule has 2 aromatic rings. The van der Waals surface area contributed by atoms with E-state index in [1.165, 1.54) is 0 Å². The van der Waals surface area contributed by atoms with Crippen LogP contribution in [0.1, 0.15) is 10.5 Å². The molecule has 5 heteroatoms. The fourth-order valence-electron chi connectivity index (χ4n) is 1.70. The van der Waals surface area contributed by atoms with Gasteiger partial charge in [-0.1, -0.05) is 0 Å². The van der Waals surface area contributed by atoms with Gasteiger partial charge in [0, 0.05) is 25.5 Å². The Kier molecular flexibility index (Phi) is 2.52. The van der Waals surface area contributed by atoms with E-state index in [0.717, 1.165) is 16.7 Å². The van der Waals surface area contributed by atoms with Crippen LogP contribution in [-0.4, -0.2) is 29.8 Å². The van der Waals surface area contributed by atoms with E-state index in [1.54, 1.807) is 25.9 Å². The van der Waals surface area contributed by atoms with Gasteiger partial charge >= 0.3 is 0 Å². The number of benzene rings is 1. The highest BCUT2D eigenvalue weighted by Gasteiger charge is 2.15. The first-order valence-electron chi connectivity index (χ1n) is 4.90. The van der Waals surface area contributed by atoms with E-state index in [1.807, 2.05) is 18.2 Å². The van der Waals surface area contributed by atoms with Crippen LogP contribution in [0.25, 0.3) is 10.9 Å². The second-order valence-corrected chi connectivity index (χ2v) is 3.43. The summed E-state index contributed by atoms with van der Waals surface area (Å²) < 4.78 is 6.68. The SMILES string of the molecule is CNC(=O)c1c2ccc(OC)cc2nn1C. The zero-order chi connectivity index (χ0) is 11.7. The third kappa shape index (κ3) is 1.50. The van der Waals surface area contributed by atoms with Crippen LogP contribution in [0.3, 0.4) is 0 Å². The first-order chi connectivity index (χ1) is 7.67. The molecule has 1 heterocycles. The molecule has 0 spiro atoms. The second kappa shape index (κ2) is 3.84. The zero-order valence-electron chi connectivity index (χ0n) is 9.44. The van der Waals surface area contributed by atoms with Crippen LogP contribution in [0, 0.1) is 0 Å². The van der Waals surface area contributed by atoms with E-state index < -0.39 is 0 Å². The number of rotatable bonds is 2. The van der Waals surface area contributed by atoms with Crippen molar-refractivity contribution in [3.05, 3.63) is 23.9 Å². The van der Waals surface area contributed by atoms with Gasteiger partial charge in [-0.25, -0.2) is 0 Å². The Morgan fingerprint density at radius 1 is 1.50 bits per heavy atom. The topological polar surface area (TPSA) is 56.1 Å². The number of amides is 1. The van der Waals surface area contributed by atoms with Crippen LogP contribution in [0.5, 0.6) is 5.75 Å². The molecular weight excluding hydrogens is 206 g/mol. The fraction of sp³-hybridized carbons (Fsp3) is 0.273. The smallest absolute Gasteiger partial charge is 0.269 e. The quantitative estimate of drug-likeness (QED) is 0.817. The summed E-state index contributed by atoms with van der Waals surface area (Å²) in [5.74, 6) is 0.587. The van der Waals surface area contributed by atoms with Gasteiger partial charge in [0.15, 0.2) is 0 Å². The van der Waals surface area contributed by atoms with Gasteiger partial charge < -0.3 is 10.1 Å². The number of hydrogen-bond donors (Lipinski definition) is 1. The van der Waals surface area contributed by atoms with Crippen molar-refractivity contribution in [2.75, 3.05) is 14.2 Å². The number of carbonyl (C=O) groups excluding carboxylic acids is 1. The molecule has 84 valence electrons. The predicted molar refractivity (Wildman–Crippen MR) is 60.7 cm³/mol. The number of hydrogen-bond acceptors (Lipinski definition) is 3. The van der Waals surface area contributed by atoms with Crippen molar-refractivity contribution in [3.63, 3.8) is 0 Å². The second-order valence-electron chi connectivity index (χ2n) is 3.43. The van der Waals surface area contributed by atoms with Crippen molar-refractivity contribution < 1.29 is 9.53 Å². The highest BCUT2D eigenvalue weighted by Crippen LogP contribution is 2.22. The summed E-state index contributed by atoms with van der Waals surface area (Å²) in [4.78, 5) is 11.7. The fourth-order valence-corrected chi connectivity index (χ4v) is 1.70. The number of carbonyl (C=O) groups is 1. The Labute approximate surface area is 93.0 Å². The Hall–Kier alpha value is -2.04. The molecule has 1 N–H and O–H groups in total. The van der Waals surface area contributed by atoms with Gasteiger partial charge in [-0.3, -0.25) is 9.48 Å². The summed E-state index contributed by atoms with van der Waals surface area (Å²) in [6.07, 6.45) is 0. The van der Waals surface area contributed by atoms with Crippen molar-refractivity contribution in [2.24, 2.45) is 7.05 Å². The first-order valence-corrected chi connectivity index (χ1v) is 4.90. The zero-order valence-corrected chi connectivity index (χ0v) is 9.44. The summed E-state index contributed by atoms with van der Waals surface area (Å²) in [6, 6.07) is 5.46. The molecule has 0 fully saturated rings. The highest BCUT2D eigenvalue weighted by molar-refractivity contribution is 6.05. The van der Waals surface area contributed by atoms with Crippen LogP contribution in [-0.2, 0) is 7.05 Å². The van der Waals surface area contributed by atoms with Gasteiger partial charge in [0.1, 0.15) is 11.4 Å². The van der Waals surface area contributed by atoms with Gasteiger partial charge in [0.05, 0.1) is 12.6 Å². The number of ether oxygens (including phenoxy) is 1. The Bertz CT molecular complexity index is 545. The Morgan fingerprint density at radius 2 is 2.25 bits per heavy atom. The minimum absolute atomic E-state index is 0.143. The Morgan fingerprint density at radius 3 is 2.88 bits per heavy atom. The predicted octanol–water partition coefficient (Wildman–Crippen LogP) is 0.942. The molecule has 1 amide bonds. The third-order valence-corrected chi connectivity index (χ3v) is 2.48. The molecule has 0 aliphatic carbocycles. The lowest BCUT2D eigenvalue weighted by molar-refractivity contribution is 0.0955. The molecule has 2 rings (SSSR count). The van der Waals surface area contributed by atoms with Gasteiger partial charge in [-0.05, 0) is 12.1 Å². The Balaban J connectivity index is 2.66. The average molecular weight is 219 g/mol. The molecule has 0 saturated carbocycles. The number of aromatic nitrogens is 2. The van der Waals surface area contributed by atoms with Crippen molar-refractivity contribution >= 4 is 16.8 Å². The standard InChI is InChI=1S/C11H13N3O2/c1-12-11(15)10-8-5-4-7(16-3)6-9(8)13-14(10)2/h4-6H,1-3H3,(H,12,15). The minimum atomic E-state index is -0.143. The number of methoxy groups -OCH3 is 1. The van der Waals surface area contributed by atoms with Crippen LogP contribution in [0.2, 0.25) is 0 Å². The van der Waals surface area contributed by atoms with E-state index in [0.29, 0.717) is 5.69 Å². The van der Waals surface area contributed by atoms with Crippen molar-refractivity contribution in [1.82, 2.24) is 15.1 Å². The molecular formula is C11H13N3O2. The molecule has 0 aliphatic rings. The van der Waals surface area contributed by atoms with Crippen molar-refractivity contribution in [1.29, 1.82) is 0 Å². The van der Waals surface area contributed by atoms with Gasteiger partial charge in [0.25, 0.3) is 5.91 Å². The lowest BCUT2D eigenvalue weighted by Crippen LogP contribution is -2.21. The van der Waals surface area contributed by atoms with E-state index in [2.05, 4.69) is 10.4 Å². The average Bonchev–Trinajstić information content (AvgIpc) is 2.62. The normalized spacial score (nSPS) is 10.4. The van der Waals surface area contributed by atoms with Crippen molar-refractivity contribution in [3.8, 4) is 5.75 Å². The van der Waals surface area contributed by atoms with E-state index in [4.69, 9.17) is 4.74 Å². The molecule has 1 aromatic heterocycles.